The van der Waals surface area contributed by atoms with Crippen LogP contribution in [0.15, 0.2) is 18.6 Å². The fourth-order valence-electron chi connectivity index (χ4n) is 2.54. The van der Waals surface area contributed by atoms with Crippen molar-refractivity contribution in [3.63, 3.8) is 0 Å². The maximum Gasteiger partial charge on any atom is 0.156 e. The second-order valence-corrected chi connectivity index (χ2v) is 4.85. The summed E-state index contributed by atoms with van der Waals surface area (Å²) in [5.74, 6) is 0.961. The van der Waals surface area contributed by atoms with Gasteiger partial charge < -0.3 is 19.5 Å². The summed E-state index contributed by atoms with van der Waals surface area (Å²) in [5.41, 5.74) is 2.08. The first-order valence-corrected chi connectivity index (χ1v) is 6.57. The zero-order valence-corrected chi connectivity index (χ0v) is 11.3. The summed E-state index contributed by atoms with van der Waals surface area (Å²) in [5, 5.41) is 3.16. The fraction of sp³-hybridized carbons (Fsp3) is 0.538. The number of morpholine rings is 1. The molecule has 2 aromatic rings. The number of likely N-dealkylation sites (N-methyl/N-ethyl adjacent to an activating group) is 1. The number of anilines is 1. The van der Waals surface area contributed by atoms with Crippen molar-refractivity contribution in [3.8, 4) is 0 Å². The summed E-state index contributed by atoms with van der Waals surface area (Å²) in [6.07, 6.45) is 3.89. The molecule has 1 atom stereocenters. The van der Waals surface area contributed by atoms with E-state index in [-0.39, 0.29) is 6.10 Å². The molecule has 0 saturated carbocycles. The smallest absolute Gasteiger partial charge is 0.156 e. The van der Waals surface area contributed by atoms with Crippen molar-refractivity contribution in [2.45, 2.75) is 6.10 Å². The lowest BCUT2D eigenvalue weighted by Crippen LogP contribution is -2.46. The third-order valence-corrected chi connectivity index (χ3v) is 3.49. The van der Waals surface area contributed by atoms with Gasteiger partial charge >= 0.3 is 0 Å². The van der Waals surface area contributed by atoms with Crippen LogP contribution in [0.25, 0.3) is 11.0 Å². The second-order valence-electron chi connectivity index (χ2n) is 4.85. The van der Waals surface area contributed by atoms with Gasteiger partial charge in [0.25, 0.3) is 0 Å². The number of aryl methyl sites for hydroxylation is 1. The van der Waals surface area contributed by atoms with Crippen molar-refractivity contribution < 1.29 is 4.74 Å². The third kappa shape index (κ3) is 2.29. The molecule has 0 amide bonds. The number of fused-ring (bicyclic) bond motifs is 1. The number of rotatable bonds is 3. The molecule has 1 fully saturated rings. The van der Waals surface area contributed by atoms with Gasteiger partial charge in [0.15, 0.2) is 5.82 Å². The van der Waals surface area contributed by atoms with Crippen molar-refractivity contribution in [1.29, 1.82) is 0 Å². The highest BCUT2D eigenvalue weighted by molar-refractivity contribution is 5.86. The number of aromatic nitrogens is 3. The number of imidazole rings is 1. The number of ether oxygens (including phenoxy) is 1. The van der Waals surface area contributed by atoms with Crippen LogP contribution >= 0.6 is 0 Å². The van der Waals surface area contributed by atoms with E-state index in [1.54, 1.807) is 0 Å². The Hall–Kier alpha value is -1.66. The lowest BCUT2D eigenvalue weighted by atomic mass is 10.2. The quantitative estimate of drug-likeness (QED) is 0.866. The second kappa shape index (κ2) is 5.14. The van der Waals surface area contributed by atoms with Crippen LogP contribution < -0.4 is 10.2 Å². The summed E-state index contributed by atoms with van der Waals surface area (Å²) in [6.45, 7) is 3.30. The van der Waals surface area contributed by atoms with Crippen LogP contribution in [0.5, 0.6) is 0 Å². The Morgan fingerprint density at radius 1 is 1.47 bits per heavy atom. The van der Waals surface area contributed by atoms with Crippen LogP contribution in [0.1, 0.15) is 0 Å². The van der Waals surface area contributed by atoms with Crippen LogP contribution in [-0.2, 0) is 11.8 Å². The van der Waals surface area contributed by atoms with E-state index in [0.29, 0.717) is 0 Å². The maximum atomic E-state index is 5.73. The molecular weight excluding hydrogens is 242 g/mol. The summed E-state index contributed by atoms with van der Waals surface area (Å²) in [6, 6.07) is 2.00. The van der Waals surface area contributed by atoms with Gasteiger partial charge in [0, 0.05) is 32.9 Å². The van der Waals surface area contributed by atoms with Gasteiger partial charge in [0.2, 0.25) is 0 Å². The molecule has 1 unspecified atom stereocenters. The molecule has 0 aliphatic carbocycles. The van der Waals surface area contributed by atoms with Gasteiger partial charge in [-0.3, -0.25) is 0 Å². The summed E-state index contributed by atoms with van der Waals surface area (Å²) in [7, 11) is 3.95. The Morgan fingerprint density at radius 2 is 2.37 bits per heavy atom. The van der Waals surface area contributed by atoms with Crippen molar-refractivity contribution in [3.05, 3.63) is 18.6 Å². The minimum Gasteiger partial charge on any atom is -0.373 e. The van der Waals surface area contributed by atoms with Gasteiger partial charge in [-0.15, -0.1) is 0 Å². The van der Waals surface area contributed by atoms with E-state index in [0.717, 1.165) is 43.1 Å². The van der Waals surface area contributed by atoms with Crippen molar-refractivity contribution in [1.82, 2.24) is 19.9 Å². The Labute approximate surface area is 112 Å². The number of nitrogens with one attached hydrogen (secondary N) is 1. The van der Waals surface area contributed by atoms with Crippen molar-refractivity contribution >= 4 is 16.9 Å². The largest absolute Gasteiger partial charge is 0.373 e. The number of pyridine rings is 1. The Morgan fingerprint density at radius 3 is 3.21 bits per heavy atom. The minimum atomic E-state index is 0.208. The molecular formula is C13H19N5O. The fourth-order valence-corrected chi connectivity index (χ4v) is 2.54. The molecule has 3 rings (SSSR count). The standard InChI is InChI=1S/C13H19N5O/c1-14-7-10-8-18(5-6-19-10)13-12-11(3-4-15-13)17(2)9-16-12/h3-4,9-10,14H,5-8H2,1-2H3. The van der Waals surface area contributed by atoms with E-state index in [2.05, 4.69) is 20.2 Å². The molecule has 0 aromatic carbocycles. The van der Waals surface area contributed by atoms with E-state index in [9.17, 15) is 0 Å². The number of hydrogen-bond acceptors (Lipinski definition) is 5. The normalized spacial score (nSPS) is 20.1. The Bertz CT molecular complexity index is 565. The average Bonchev–Trinajstić information content (AvgIpc) is 2.81. The molecule has 2 aromatic heterocycles. The molecule has 0 radical (unpaired) electrons. The van der Waals surface area contributed by atoms with E-state index < -0.39 is 0 Å². The highest BCUT2D eigenvalue weighted by Crippen LogP contribution is 2.24. The lowest BCUT2D eigenvalue weighted by molar-refractivity contribution is 0.0420. The van der Waals surface area contributed by atoms with Crippen LogP contribution in [0.4, 0.5) is 5.82 Å². The predicted octanol–water partition coefficient (Wildman–Crippen LogP) is 0.393. The molecule has 1 N–H and O–H groups in total. The van der Waals surface area contributed by atoms with E-state index >= 15 is 0 Å². The Balaban J connectivity index is 1.91. The summed E-state index contributed by atoms with van der Waals surface area (Å²) < 4.78 is 7.75. The molecule has 6 heteroatoms. The van der Waals surface area contributed by atoms with Crippen molar-refractivity contribution in [2.75, 3.05) is 38.2 Å². The van der Waals surface area contributed by atoms with Crippen LogP contribution in [0.3, 0.4) is 0 Å². The van der Waals surface area contributed by atoms with Crippen LogP contribution in [0.2, 0.25) is 0 Å². The molecule has 1 aliphatic heterocycles. The van der Waals surface area contributed by atoms with E-state index in [4.69, 9.17) is 4.74 Å². The highest BCUT2D eigenvalue weighted by Gasteiger charge is 2.23. The number of hydrogen-bond donors (Lipinski definition) is 1. The van der Waals surface area contributed by atoms with Gasteiger partial charge in [-0.05, 0) is 13.1 Å². The first-order valence-electron chi connectivity index (χ1n) is 6.57. The monoisotopic (exact) mass is 261 g/mol. The molecule has 6 nitrogen and oxygen atoms in total. The molecule has 3 heterocycles. The topological polar surface area (TPSA) is 55.2 Å². The third-order valence-electron chi connectivity index (χ3n) is 3.49. The van der Waals surface area contributed by atoms with Crippen molar-refractivity contribution in [2.24, 2.45) is 7.05 Å². The average molecular weight is 261 g/mol. The molecule has 1 aliphatic rings. The molecule has 0 spiro atoms. The van der Waals surface area contributed by atoms with Gasteiger partial charge in [0.1, 0.15) is 5.52 Å². The summed E-state index contributed by atoms with van der Waals surface area (Å²) in [4.78, 5) is 11.2. The molecule has 19 heavy (non-hydrogen) atoms. The first kappa shape index (κ1) is 12.4. The van der Waals surface area contributed by atoms with Gasteiger partial charge in [-0.1, -0.05) is 0 Å². The first-order chi connectivity index (χ1) is 9.29. The predicted molar refractivity (Wildman–Crippen MR) is 74.4 cm³/mol. The van der Waals surface area contributed by atoms with Gasteiger partial charge in [0.05, 0.1) is 24.6 Å². The van der Waals surface area contributed by atoms with Gasteiger partial charge in [-0.2, -0.15) is 0 Å². The van der Waals surface area contributed by atoms with Crippen LogP contribution in [0, 0.1) is 0 Å². The van der Waals surface area contributed by atoms with E-state index in [1.807, 2.05) is 37.3 Å². The SMILES string of the molecule is CNCC1CN(c2nccc3c2ncn3C)CCO1. The Kier molecular flexibility index (Phi) is 3.35. The highest BCUT2D eigenvalue weighted by atomic mass is 16.5. The summed E-state index contributed by atoms with van der Waals surface area (Å²) >= 11 is 0. The molecule has 1 saturated heterocycles. The zero-order chi connectivity index (χ0) is 13.2. The lowest BCUT2D eigenvalue weighted by Gasteiger charge is -2.33. The van der Waals surface area contributed by atoms with E-state index in [1.165, 1.54) is 0 Å². The van der Waals surface area contributed by atoms with Crippen LogP contribution in [-0.4, -0.2) is 53.9 Å². The zero-order valence-electron chi connectivity index (χ0n) is 11.3. The van der Waals surface area contributed by atoms with Gasteiger partial charge in [-0.25, -0.2) is 9.97 Å². The minimum absolute atomic E-state index is 0.208. The maximum absolute atomic E-state index is 5.73. The molecule has 0 bridgehead atoms. The molecule has 102 valence electrons. The number of nitrogens with zero attached hydrogens (tertiary/aromatic N) is 4.